The Bertz CT molecular complexity index is 1500. The zero-order valence-corrected chi connectivity index (χ0v) is 21.0. The van der Waals surface area contributed by atoms with Gasteiger partial charge in [-0.05, 0) is 59.6 Å². The Morgan fingerprint density at radius 1 is 1.00 bits per heavy atom. The van der Waals surface area contributed by atoms with Crippen molar-refractivity contribution >= 4 is 46.0 Å². The van der Waals surface area contributed by atoms with E-state index in [1.807, 2.05) is 42.5 Å². The van der Waals surface area contributed by atoms with E-state index in [2.05, 4.69) is 24.5 Å². The van der Waals surface area contributed by atoms with Crippen LogP contribution < -0.4 is 21.0 Å². The molecule has 3 aromatic carbocycles. The molecule has 0 saturated heterocycles. The largest absolute Gasteiger partial charge is 0.496 e. The van der Waals surface area contributed by atoms with Crippen LogP contribution in [0.1, 0.15) is 30.9 Å². The smallest absolute Gasteiger partial charge is 0.344 e. The van der Waals surface area contributed by atoms with E-state index in [-0.39, 0.29) is 11.0 Å². The molecule has 0 aliphatic carbocycles. The number of methoxy groups -OCH3 is 1. The van der Waals surface area contributed by atoms with Gasteiger partial charge in [-0.1, -0.05) is 56.3 Å². The Kier molecular flexibility index (Phi) is 7.61. The maximum absolute atomic E-state index is 12.6. The van der Waals surface area contributed by atoms with Crippen LogP contribution in [0.25, 0.3) is 28.2 Å². The molecule has 1 amide bonds. The van der Waals surface area contributed by atoms with E-state index < -0.39 is 5.63 Å². The summed E-state index contributed by atoms with van der Waals surface area (Å²) in [5.74, 6) is 0.562. The summed E-state index contributed by atoms with van der Waals surface area (Å²) < 4.78 is 11.0. The lowest BCUT2D eigenvalue weighted by Crippen LogP contribution is -2.32. The van der Waals surface area contributed by atoms with Gasteiger partial charge in [0.1, 0.15) is 11.3 Å². The van der Waals surface area contributed by atoms with E-state index in [0.29, 0.717) is 34.1 Å². The lowest BCUT2D eigenvalue weighted by molar-refractivity contribution is -0.115. The van der Waals surface area contributed by atoms with E-state index in [9.17, 15) is 9.59 Å². The van der Waals surface area contributed by atoms with Crippen LogP contribution >= 0.6 is 12.2 Å². The fraction of sp³-hybridized carbons (Fsp3) is 0.138. The number of fused-ring (bicyclic) bond motifs is 1. The Balaban J connectivity index is 1.44. The van der Waals surface area contributed by atoms with E-state index in [4.69, 9.17) is 21.4 Å². The lowest BCUT2D eigenvalue weighted by atomic mass is 10.0. The SMILES string of the molecule is COc1cc(NC(=S)NC(=O)/C=C/c2ccc(C(C)C)cc2)ccc1-c1cc2ccccc2oc1=O. The van der Waals surface area contributed by atoms with Crippen molar-refractivity contribution < 1.29 is 13.9 Å². The van der Waals surface area contributed by atoms with Crippen molar-refractivity contribution in [3.8, 4) is 16.9 Å². The van der Waals surface area contributed by atoms with Gasteiger partial charge in [-0.2, -0.15) is 0 Å². The minimum absolute atomic E-state index is 0.139. The first-order valence-corrected chi connectivity index (χ1v) is 11.9. The first-order chi connectivity index (χ1) is 17.3. The molecular weight excluding hydrogens is 472 g/mol. The lowest BCUT2D eigenvalue weighted by Gasteiger charge is -2.13. The first kappa shape index (κ1) is 24.9. The fourth-order valence-corrected chi connectivity index (χ4v) is 3.94. The molecule has 0 unspecified atom stereocenters. The van der Waals surface area contributed by atoms with Crippen LogP contribution in [0.4, 0.5) is 5.69 Å². The summed E-state index contributed by atoms with van der Waals surface area (Å²) in [6.45, 7) is 4.27. The number of anilines is 1. The average molecular weight is 499 g/mol. The number of amides is 1. The monoisotopic (exact) mass is 498 g/mol. The Hall–Kier alpha value is -4.23. The second kappa shape index (κ2) is 11.0. The fourth-order valence-electron chi connectivity index (χ4n) is 3.72. The van der Waals surface area contributed by atoms with Gasteiger partial charge in [0.2, 0.25) is 5.91 Å². The molecular formula is C29H26N2O4S. The third kappa shape index (κ3) is 5.87. The summed E-state index contributed by atoms with van der Waals surface area (Å²) in [6.07, 6.45) is 3.16. The quantitative estimate of drug-likeness (QED) is 0.189. The minimum Gasteiger partial charge on any atom is -0.496 e. The average Bonchev–Trinajstić information content (AvgIpc) is 2.87. The molecule has 182 valence electrons. The first-order valence-electron chi connectivity index (χ1n) is 11.5. The van der Waals surface area contributed by atoms with Crippen molar-refractivity contribution in [2.45, 2.75) is 19.8 Å². The summed E-state index contributed by atoms with van der Waals surface area (Å²) in [7, 11) is 1.52. The van der Waals surface area contributed by atoms with Gasteiger partial charge in [0.05, 0.1) is 12.7 Å². The van der Waals surface area contributed by atoms with Crippen LogP contribution in [-0.4, -0.2) is 18.1 Å². The van der Waals surface area contributed by atoms with Gasteiger partial charge < -0.3 is 14.5 Å². The summed E-state index contributed by atoms with van der Waals surface area (Å²) in [6, 6.07) is 22.3. The van der Waals surface area contributed by atoms with Crippen LogP contribution in [0, 0.1) is 0 Å². The van der Waals surface area contributed by atoms with Gasteiger partial charge >= 0.3 is 5.63 Å². The molecule has 0 radical (unpaired) electrons. The molecule has 0 aliphatic heterocycles. The molecule has 1 aromatic heterocycles. The maximum atomic E-state index is 12.6. The molecule has 2 N–H and O–H groups in total. The van der Waals surface area contributed by atoms with Gasteiger partial charge in [-0.25, -0.2) is 4.79 Å². The molecule has 0 aliphatic rings. The second-order valence-electron chi connectivity index (χ2n) is 8.50. The number of benzene rings is 3. The van der Waals surface area contributed by atoms with Gasteiger partial charge in [0, 0.05) is 28.8 Å². The molecule has 1 heterocycles. The highest BCUT2D eigenvalue weighted by molar-refractivity contribution is 7.80. The number of hydrogen-bond acceptors (Lipinski definition) is 5. The molecule has 4 rings (SSSR count). The summed E-state index contributed by atoms with van der Waals surface area (Å²) in [4.78, 5) is 24.9. The molecule has 0 bridgehead atoms. The van der Waals surface area contributed by atoms with Crippen molar-refractivity contribution in [3.63, 3.8) is 0 Å². The Labute approximate surface area is 214 Å². The zero-order valence-electron chi connectivity index (χ0n) is 20.2. The van der Waals surface area contributed by atoms with Crippen molar-refractivity contribution in [1.82, 2.24) is 5.32 Å². The van der Waals surface area contributed by atoms with Crippen LogP contribution in [0.5, 0.6) is 5.75 Å². The second-order valence-corrected chi connectivity index (χ2v) is 8.91. The highest BCUT2D eigenvalue weighted by atomic mass is 32.1. The predicted octanol–water partition coefficient (Wildman–Crippen LogP) is 6.12. The number of nitrogens with one attached hydrogen (secondary N) is 2. The van der Waals surface area contributed by atoms with Crippen LogP contribution in [-0.2, 0) is 4.79 Å². The Morgan fingerprint density at radius 2 is 1.75 bits per heavy atom. The third-order valence-electron chi connectivity index (χ3n) is 5.66. The highest BCUT2D eigenvalue weighted by Gasteiger charge is 2.14. The van der Waals surface area contributed by atoms with Gasteiger partial charge in [0.25, 0.3) is 0 Å². The molecule has 0 saturated carbocycles. The highest BCUT2D eigenvalue weighted by Crippen LogP contribution is 2.32. The molecule has 0 atom stereocenters. The zero-order chi connectivity index (χ0) is 25.7. The number of rotatable bonds is 6. The van der Waals surface area contributed by atoms with Crippen molar-refractivity contribution in [1.29, 1.82) is 0 Å². The third-order valence-corrected chi connectivity index (χ3v) is 5.86. The Morgan fingerprint density at radius 3 is 2.47 bits per heavy atom. The summed E-state index contributed by atoms with van der Waals surface area (Å²) in [5, 5.41) is 6.55. The van der Waals surface area contributed by atoms with Gasteiger partial charge in [-0.3, -0.25) is 10.1 Å². The van der Waals surface area contributed by atoms with Crippen LogP contribution in [0.2, 0.25) is 0 Å². The molecule has 6 nitrogen and oxygen atoms in total. The van der Waals surface area contributed by atoms with Crippen LogP contribution in [0.15, 0.2) is 88.1 Å². The van der Waals surface area contributed by atoms with E-state index in [1.54, 1.807) is 36.4 Å². The topological polar surface area (TPSA) is 80.6 Å². The number of carbonyl (C=O) groups excluding carboxylic acids is 1. The van der Waals surface area contributed by atoms with Gasteiger partial charge in [-0.15, -0.1) is 0 Å². The summed E-state index contributed by atoms with van der Waals surface area (Å²) in [5.41, 5.74) is 3.80. The van der Waals surface area contributed by atoms with E-state index in [0.717, 1.165) is 10.9 Å². The number of ether oxygens (including phenoxy) is 1. The standard InChI is InChI=1S/C29H26N2O4S/c1-18(2)20-11-8-19(9-12-20)10-15-27(32)31-29(36)30-22-13-14-23(26(17-22)34-3)24-16-21-6-4-5-7-25(21)35-28(24)33/h4-18H,1-3H3,(H2,30,31,32,36)/b15-10+. The molecule has 4 aromatic rings. The summed E-state index contributed by atoms with van der Waals surface area (Å²) >= 11 is 5.29. The van der Waals surface area contributed by atoms with E-state index in [1.165, 1.54) is 18.7 Å². The van der Waals surface area contributed by atoms with Crippen molar-refractivity contribution in [2.24, 2.45) is 0 Å². The van der Waals surface area contributed by atoms with E-state index >= 15 is 0 Å². The molecule has 7 heteroatoms. The number of carbonyl (C=O) groups is 1. The normalized spacial score (nSPS) is 11.1. The number of thiocarbonyl (C=S) groups is 1. The number of para-hydroxylation sites is 1. The predicted molar refractivity (Wildman–Crippen MR) is 148 cm³/mol. The maximum Gasteiger partial charge on any atom is 0.344 e. The number of hydrogen-bond donors (Lipinski definition) is 2. The minimum atomic E-state index is -0.457. The van der Waals surface area contributed by atoms with Gasteiger partial charge in [0.15, 0.2) is 5.11 Å². The molecule has 0 spiro atoms. The molecule has 36 heavy (non-hydrogen) atoms. The van der Waals surface area contributed by atoms with Crippen molar-refractivity contribution in [2.75, 3.05) is 12.4 Å². The van der Waals surface area contributed by atoms with Crippen LogP contribution in [0.3, 0.4) is 0 Å². The molecule has 0 fully saturated rings. The van der Waals surface area contributed by atoms with Crippen molar-refractivity contribution in [3.05, 3.63) is 100 Å².